The molecule has 12 rings (SSSR count). The highest BCUT2D eigenvalue weighted by Gasteiger charge is 2.20. The number of nitriles is 2. The summed E-state index contributed by atoms with van der Waals surface area (Å²) in [7, 11) is 0. The second-order valence-corrected chi connectivity index (χ2v) is 22.5. The van der Waals surface area contributed by atoms with E-state index in [2.05, 4.69) is 77.8 Å². The number of aryl methyl sites for hydroxylation is 4. The van der Waals surface area contributed by atoms with E-state index in [1.165, 1.54) is 6.07 Å². The first kappa shape index (κ1) is 66.3. The molecule has 4 amide bonds. The van der Waals surface area contributed by atoms with Gasteiger partial charge in [-0.05, 0) is 186 Å². The van der Waals surface area contributed by atoms with Crippen molar-refractivity contribution >= 4 is 46.6 Å². The zero-order valence-corrected chi connectivity index (χ0v) is 53.3. The van der Waals surface area contributed by atoms with Crippen LogP contribution < -0.4 is 20.9 Å². The largest absolute Gasteiger partial charge is 0.367 e. The lowest BCUT2D eigenvalue weighted by Crippen LogP contribution is -2.48. The molecule has 3 N–H and O–H groups in total. The third-order valence-corrected chi connectivity index (χ3v) is 15.5. The number of carbonyl (C=O) groups excluding carboxylic acids is 4. The predicted octanol–water partition coefficient (Wildman–Crippen LogP) is 12.3. The van der Waals surface area contributed by atoms with Crippen molar-refractivity contribution in [2.75, 3.05) is 47.0 Å². The zero-order chi connectivity index (χ0) is 67.5. The maximum Gasteiger partial charge on any atom is 0.230 e. The van der Waals surface area contributed by atoms with E-state index < -0.39 is 5.82 Å². The molecule has 0 unspecified atom stereocenters. The molecule has 1 fully saturated rings. The molecule has 21 heteroatoms. The van der Waals surface area contributed by atoms with Gasteiger partial charge in [-0.3, -0.25) is 54.1 Å². The molecule has 1 saturated heterocycles. The minimum Gasteiger partial charge on any atom is -0.367 e. The fourth-order valence-electron chi connectivity index (χ4n) is 10.7. The van der Waals surface area contributed by atoms with Crippen LogP contribution in [-0.4, -0.2) is 99.6 Å². The lowest BCUT2D eigenvalue weighted by atomic mass is 9.97. The molecule has 9 heterocycles. The fourth-order valence-corrected chi connectivity index (χ4v) is 10.7. The van der Waals surface area contributed by atoms with Crippen LogP contribution in [0.3, 0.4) is 0 Å². The van der Waals surface area contributed by atoms with Crippen LogP contribution in [-0.2, 0) is 38.4 Å². The minimum atomic E-state index is -0.418. The molecule has 0 spiro atoms. The third-order valence-electron chi connectivity index (χ3n) is 15.5. The summed E-state index contributed by atoms with van der Waals surface area (Å²) in [5.41, 5.74) is 16.1. The van der Waals surface area contributed by atoms with Gasteiger partial charge in [-0.2, -0.15) is 10.5 Å². The van der Waals surface area contributed by atoms with Gasteiger partial charge in [0, 0.05) is 99.1 Å². The maximum absolute atomic E-state index is 14.8. The van der Waals surface area contributed by atoms with Gasteiger partial charge in [0.25, 0.3) is 0 Å². The number of rotatable bonds is 15. The molecule has 0 atom stereocenters. The molecular weight excluding hydrogens is 1210 g/mol. The Kier molecular flexibility index (Phi) is 21.8. The van der Waals surface area contributed by atoms with Crippen molar-refractivity contribution in [2.45, 2.75) is 53.9 Å². The predicted molar refractivity (Wildman–Crippen MR) is 366 cm³/mol. The highest BCUT2D eigenvalue weighted by atomic mass is 19.1. The molecule has 96 heavy (non-hydrogen) atoms. The van der Waals surface area contributed by atoms with E-state index in [-0.39, 0.29) is 42.9 Å². The van der Waals surface area contributed by atoms with Crippen LogP contribution in [0.2, 0.25) is 0 Å². The Labute approximate surface area is 554 Å². The van der Waals surface area contributed by atoms with Crippen LogP contribution in [0.4, 0.5) is 27.4 Å². The molecule has 0 radical (unpaired) electrons. The van der Waals surface area contributed by atoms with Gasteiger partial charge in [0.1, 0.15) is 23.1 Å². The lowest BCUT2D eigenvalue weighted by Gasteiger charge is -2.35. The molecule has 3 aromatic carbocycles. The minimum absolute atomic E-state index is 0.0846. The molecule has 1 aliphatic rings. The lowest BCUT2D eigenvalue weighted by molar-refractivity contribution is -0.129. The quantitative estimate of drug-likeness (QED) is 0.0860. The number of halogens is 1. The van der Waals surface area contributed by atoms with Crippen LogP contribution >= 0.6 is 0 Å². The van der Waals surface area contributed by atoms with Crippen molar-refractivity contribution in [3.8, 4) is 68.2 Å². The summed E-state index contributed by atoms with van der Waals surface area (Å²) >= 11 is 0. The average molecular weight is 1270 g/mol. The summed E-state index contributed by atoms with van der Waals surface area (Å²) in [4.78, 5) is 91.0. The van der Waals surface area contributed by atoms with Gasteiger partial charge in [0.15, 0.2) is 0 Å². The van der Waals surface area contributed by atoms with Crippen LogP contribution in [0.25, 0.3) is 56.0 Å². The number of hydrogen-bond acceptors (Lipinski definition) is 16. The summed E-state index contributed by atoms with van der Waals surface area (Å²) < 4.78 is 14.8. The van der Waals surface area contributed by atoms with Crippen molar-refractivity contribution in [2.24, 2.45) is 0 Å². The number of amides is 4. The molecule has 1 aliphatic heterocycles. The molecule has 20 nitrogen and oxygen atoms in total. The zero-order valence-electron chi connectivity index (χ0n) is 53.3. The van der Waals surface area contributed by atoms with Crippen LogP contribution in [0, 0.1) is 56.2 Å². The van der Waals surface area contributed by atoms with E-state index in [0.717, 1.165) is 97.2 Å². The van der Waals surface area contributed by atoms with Crippen molar-refractivity contribution in [1.82, 2.24) is 49.8 Å². The Balaban J connectivity index is 0.000000157. The molecular formula is C75H65FN16O4. The second-order valence-electron chi connectivity index (χ2n) is 22.5. The fraction of sp³-hybridized carbons (Fsp3) is 0.160. The summed E-state index contributed by atoms with van der Waals surface area (Å²) in [6.45, 7) is 12.0. The third kappa shape index (κ3) is 17.9. The van der Waals surface area contributed by atoms with Gasteiger partial charge in [-0.15, -0.1) is 0 Å². The van der Waals surface area contributed by atoms with Crippen LogP contribution in [0.5, 0.6) is 0 Å². The number of nitrogens with one attached hydrogen (secondary N) is 3. The van der Waals surface area contributed by atoms with E-state index in [9.17, 15) is 34.1 Å². The van der Waals surface area contributed by atoms with E-state index >= 15 is 0 Å². The summed E-state index contributed by atoms with van der Waals surface area (Å²) in [6, 6.07) is 46.4. The summed E-state index contributed by atoms with van der Waals surface area (Å²) in [5.74, 6) is -0.171. The van der Waals surface area contributed by atoms with Crippen LogP contribution in [0.1, 0.15) is 57.4 Å². The van der Waals surface area contributed by atoms with Crippen molar-refractivity contribution in [3.05, 3.63) is 258 Å². The Hall–Kier alpha value is -12.6. The molecule has 11 aromatic rings. The number of piperazine rings is 1. The Morgan fingerprint density at radius 2 is 1.04 bits per heavy atom. The Bertz CT molecular complexity index is 4470. The number of hydrogen-bond donors (Lipinski definition) is 3. The summed E-state index contributed by atoms with van der Waals surface area (Å²) in [6.07, 6.45) is 16.9. The first-order chi connectivity index (χ1) is 46.5. The Morgan fingerprint density at radius 1 is 0.469 bits per heavy atom. The number of aromatic nitrogens is 9. The van der Waals surface area contributed by atoms with E-state index in [0.29, 0.717) is 58.5 Å². The molecule has 0 saturated carbocycles. The molecule has 476 valence electrons. The van der Waals surface area contributed by atoms with Gasteiger partial charge < -0.3 is 25.8 Å². The second kappa shape index (κ2) is 31.6. The van der Waals surface area contributed by atoms with Gasteiger partial charge in [-0.25, -0.2) is 14.4 Å². The topological polar surface area (TPSA) is 274 Å². The average Bonchev–Trinajstić information content (AvgIpc) is 0.965. The highest BCUT2D eigenvalue weighted by Crippen LogP contribution is 2.30. The van der Waals surface area contributed by atoms with Crippen molar-refractivity contribution in [3.63, 3.8) is 0 Å². The van der Waals surface area contributed by atoms with Gasteiger partial charge >= 0.3 is 0 Å². The monoisotopic (exact) mass is 1270 g/mol. The van der Waals surface area contributed by atoms with Crippen molar-refractivity contribution < 1.29 is 23.6 Å². The van der Waals surface area contributed by atoms with Gasteiger partial charge in [-0.1, -0.05) is 36.4 Å². The molecule has 0 bridgehead atoms. The van der Waals surface area contributed by atoms with Crippen LogP contribution in [0.15, 0.2) is 201 Å². The van der Waals surface area contributed by atoms with E-state index in [1.54, 1.807) is 111 Å². The Morgan fingerprint density at radius 3 is 1.54 bits per heavy atom. The normalized spacial score (nSPS) is 11.5. The van der Waals surface area contributed by atoms with Gasteiger partial charge in [0.05, 0.1) is 83.9 Å². The molecule has 8 aromatic heterocycles. The maximum atomic E-state index is 14.8. The van der Waals surface area contributed by atoms with E-state index in [1.807, 2.05) is 124 Å². The first-order valence-corrected chi connectivity index (χ1v) is 30.6. The smallest absolute Gasteiger partial charge is 0.230 e. The standard InChI is InChI=1S/C26H28FN5O2.C25H19N5O.C24H18N6O/c1-17-12-21(24(27)15-23(17)20-6-7-28-18(2)13-20)14-26(34)30-25-5-4-22(16-29-25)32-10-8-31(9-11-32)19(3)33;1-17-12-19(9-11-27-17)22-7-5-18(13-21(22)15-26)14-25(31)30-24-8-6-20(16-29-24)23-4-2-3-10-28-23;1-16-10-18(6-7-27-16)21-4-2-17(11-19(21)13-25)12-24(31)30-20-3-5-22(29-14-20)23-15-26-8-9-28-23/h4-7,12-13,15-16H,8-11,14H2,1-3H3,(H,29,30,34);2-13,16H,14H2,1H3,(H,29,30,31);2-11,14-15H,12H2,1H3,(H,30,31). The highest BCUT2D eigenvalue weighted by molar-refractivity contribution is 5.94. The van der Waals surface area contributed by atoms with Crippen molar-refractivity contribution in [1.29, 1.82) is 10.5 Å². The number of nitrogens with zero attached hydrogens (tertiary/aromatic N) is 13. The number of pyridine rings is 7. The molecule has 0 aliphatic carbocycles. The first-order valence-electron chi connectivity index (χ1n) is 30.6. The number of benzene rings is 3. The number of carbonyl (C=O) groups is 4. The summed E-state index contributed by atoms with van der Waals surface area (Å²) in [5, 5.41) is 27.5. The van der Waals surface area contributed by atoms with E-state index in [4.69, 9.17) is 0 Å². The SMILES string of the molecule is CC(=O)N1CCN(c2ccc(NC(=O)Cc3cc(C)c(-c4ccnc(C)c4)cc3F)nc2)CC1.Cc1cc(-c2ccc(CC(=O)Nc3ccc(-c4ccccn4)cn3)cc2C#N)ccn1.Cc1cc(-c2ccc(CC(=O)Nc3ccc(-c4cnccn4)nc3)cc2C#N)ccn1. The number of anilines is 4. The van der Waals surface area contributed by atoms with Gasteiger partial charge in [0.2, 0.25) is 23.6 Å².